The summed E-state index contributed by atoms with van der Waals surface area (Å²) in [6.45, 7) is 3.10. The Balaban J connectivity index is 1.83. The Hall–Kier alpha value is -1.68. The summed E-state index contributed by atoms with van der Waals surface area (Å²) in [5.74, 6) is -0.122. The Bertz CT molecular complexity index is 529. The molecule has 2 fully saturated rings. The quantitative estimate of drug-likeness (QED) is 0.802. The SMILES string of the molecule is CC[C@@H]1CCCCN1[C@@H]1CC(=O)N(c2ccccc2)C1=O. The maximum absolute atomic E-state index is 12.7. The Kier molecular flexibility index (Phi) is 4.06. The van der Waals surface area contributed by atoms with Gasteiger partial charge in [-0.25, -0.2) is 4.90 Å². The van der Waals surface area contributed by atoms with Crippen LogP contribution in [0.4, 0.5) is 5.69 Å². The van der Waals surface area contributed by atoms with Crippen LogP contribution < -0.4 is 4.90 Å². The normalized spacial score (nSPS) is 27.4. The Morgan fingerprint density at radius 1 is 1.14 bits per heavy atom. The van der Waals surface area contributed by atoms with Gasteiger partial charge in [-0.3, -0.25) is 14.5 Å². The van der Waals surface area contributed by atoms with Gasteiger partial charge >= 0.3 is 0 Å². The number of hydrogen-bond acceptors (Lipinski definition) is 3. The van der Waals surface area contributed by atoms with Crippen LogP contribution in [0.1, 0.15) is 39.0 Å². The summed E-state index contributed by atoms with van der Waals surface area (Å²) in [7, 11) is 0. The Morgan fingerprint density at radius 2 is 1.90 bits per heavy atom. The van der Waals surface area contributed by atoms with E-state index in [0.717, 1.165) is 25.8 Å². The van der Waals surface area contributed by atoms with Crippen molar-refractivity contribution in [3.63, 3.8) is 0 Å². The lowest BCUT2D eigenvalue weighted by Crippen LogP contribution is -2.49. The molecule has 112 valence electrons. The number of piperidine rings is 1. The number of anilines is 1. The van der Waals surface area contributed by atoms with Crippen molar-refractivity contribution in [3.8, 4) is 0 Å². The molecule has 2 atom stereocenters. The molecule has 1 aromatic carbocycles. The molecule has 0 spiro atoms. The third kappa shape index (κ3) is 2.60. The number of carbonyl (C=O) groups is 2. The summed E-state index contributed by atoms with van der Waals surface area (Å²) in [4.78, 5) is 28.7. The summed E-state index contributed by atoms with van der Waals surface area (Å²) in [6.07, 6.45) is 4.86. The van der Waals surface area contributed by atoms with E-state index in [2.05, 4.69) is 11.8 Å². The van der Waals surface area contributed by atoms with Gasteiger partial charge in [-0.2, -0.15) is 0 Å². The first-order valence-electron chi connectivity index (χ1n) is 7.90. The van der Waals surface area contributed by atoms with E-state index in [1.54, 1.807) is 0 Å². The monoisotopic (exact) mass is 286 g/mol. The van der Waals surface area contributed by atoms with E-state index < -0.39 is 0 Å². The topological polar surface area (TPSA) is 40.6 Å². The van der Waals surface area contributed by atoms with E-state index >= 15 is 0 Å². The first kappa shape index (κ1) is 14.3. The van der Waals surface area contributed by atoms with Crippen LogP contribution in [-0.4, -0.2) is 35.3 Å². The molecule has 0 aromatic heterocycles. The molecule has 0 saturated carbocycles. The van der Waals surface area contributed by atoms with Gasteiger partial charge in [0.25, 0.3) is 5.91 Å². The molecule has 21 heavy (non-hydrogen) atoms. The number of imide groups is 1. The van der Waals surface area contributed by atoms with Gasteiger partial charge in [-0.05, 0) is 37.9 Å². The lowest BCUT2D eigenvalue weighted by molar-refractivity contribution is -0.123. The van der Waals surface area contributed by atoms with Crippen LogP contribution in [0.3, 0.4) is 0 Å². The minimum Gasteiger partial charge on any atom is -0.289 e. The molecule has 2 heterocycles. The highest BCUT2D eigenvalue weighted by Gasteiger charge is 2.44. The predicted octanol–water partition coefficient (Wildman–Crippen LogP) is 2.58. The molecule has 2 aliphatic heterocycles. The number of rotatable bonds is 3. The van der Waals surface area contributed by atoms with Crippen molar-refractivity contribution in [1.82, 2.24) is 4.90 Å². The van der Waals surface area contributed by atoms with Crippen LogP contribution in [0.5, 0.6) is 0 Å². The van der Waals surface area contributed by atoms with Crippen molar-refractivity contribution >= 4 is 17.5 Å². The minimum atomic E-state index is -0.261. The number of likely N-dealkylation sites (tertiary alicyclic amines) is 1. The summed E-state index contributed by atoms with van der Waals surface area (Å²) in [6, 6.07) is 9.44. The molecule has 0 bridgehead atoms. The predicted molar refractivity (Wildman–Crippen MR) is 82.0 cm³/mol. The van der Waals surface area contributed by atoms with Crippen LogP contribution in [0, 0.1) is 0 Å². The summed E-state index contributed by atoms with van der Waals surface area (Å²) < 4.78 is 0. The van der Waals surface area contributed by atoms with Gasteiger partial charge in [0.2, 0.25) is 5.91 Å². The maximum atomic E-state index is 12.7. The molecule has 3 rings (SSSR count). The second kappa shape index (κ2) is 5.98. The van der Waals surface area contributed by atoms with E-state index in [4.69, 9.17) is 0 Å². The van der Waals surface area contributed by atoms with Crippen molar-refractivity contribution in [1.29, 1.82) is 0 Å². The zero-order valence-electron chi connectivity index (χ0n) is 12.5. The van der Waals surface area contributed by atoms with Gasteiger partial charge < -0.3 is 0 Å². The molecule has 4 heteroatoms. The van der Waals surface area contributed by atoms with Crippen LogP contribution >= 0.6 is 0 Å². The Labute approximate surface area is 125 Å². The number of benzene rings is 1. The average molecular weight is 286 g/mol. The lowest BCUT2D eigenvalue weighted by Gasteiger charge is -2.38. The smallest absolute Gasteiger partial charge is 0.251 e. The molecule has 2 aliphatic rings. The zero-order valence-corrected chi connectivity index (χ0v) is 12.5. The highest BCUT2D eigenvalue weighted by molar-refractivity contribution is 6.22. The van der Waals surface area contributed by atoms with Crippen molar-refractivity contribution in [2.24, 2.45) is 0 Å². The van der Waals surface area contributed by atoms with Crippen LogP contribution in [0.15, 0.2) is 30.3 Å². The summed E-state index contributed by atoms with van der Waals surface area (Å²) in [5.41, 5.74) is 0.694. The van der Waals surface area contributed by atoms with Crippen molar-refractivity contribution in [2.45, 2.75) is 51.1 Å². The third-order valence-corrected chi connectivity index (χ3v) is 4.68. The summed E-state index contributed by atoms with van der Waals surface area (Å²) >= 11 is 0. The van der Waals surface area contributed by atoms with E-state index in [0.29, 0.717) is 18.2 Å². The summed E-state index contributed by atoms with van der Waals surface area (Å²) in [5, 5.41) is 0. The number of nitrogens with zero attached hydrogens (tertiary/aromatic N) is 2. The van der Waals surface area contributed by atoms with Gasteiger partial charge in [-0.15, -0.1) is 0 Å². The lowest BCUT2D eigenvalue weighted by atomic mass is 9.97. The molecule has 0 unspecified atom stereocenters. The largest absolute Gasteiger partial charge is 0.289 e. The fraction of sp³-hybridized carbons (Fsp3) is 0.529. The molecule has 0 N–H and O–H groups in total. The van der Waals surface area contributed by atoms with Gasteiger partial charge in [0.15, 0.2) is 0 Å². The van der Waals surface area contributed by atoms with Crippen LogP contribution in [0.2, 0.25) is 0 Å². The van der Waals surface area contributed by atoms with Crippen molar-refractivity contribution in [2.75, 3.05) is 11.4 Å². The van der Waals surface area contributed by atoms with E-state index in [9.17, 15) is 9.59 Å². The maximum Gasteiger partial charge on any atom is 0.251 e. The van der Waals surface area contributed by atoms with Crippen molar-refractivity contribution < 1.29 is 9.59 Å². The highest BCUT2D eigenvalue weighted by atomic mass is 16.2. The first-order valence-corrected chi connectivity index (χ1v) is 7.90. The van der Waals surface area contributed by atoms with Gasteiger partial charge in [-0.1, -0.05) is 31.5 Å². The zero-order chi connectivity index (χ0) is 14.8. The molecule has 0 radical (unpaired) electrons. The highest BCUT2D eigenvalue weighted by Crippen LogP contribution is 2.30. The molecule has 1 aromatic rings. The van der Waals surface area contributed by atoms with Crippen LogP contribution in [0.25, 0.3) is 0 Å². The molecule has 4 nitrogen and oxygen atoms in total. The molecule has 2 saturated heterocycles. The number of hydrogen-bond donors (Lipinski definition) is 0. The van der Waals surface area contributed by atoms with E-state index in [1.807, 2.05) is 30.3 Å². The van der Waals surface area contributed by atoms with Gasteiger partial charge in [0.05, 0.1) is 18.2 Å². The number of carbonyl (C=O) groups excluding carboxylic acids is 2. The second-order valence-electron chi connectivity index (χ2n) is 5.92. The standard InChI is InChI=1S/C17H22N2O2/c1-2-13-8-6-7-11-18(13)15-12-16(20)19(17(15)21)14-9-4-3-5-10-14/h3-5,9-10,13,15H,2,6-8,11-12H2,1H3/t13-,15-/m1/s1. The van der Waals surface area contributed by atoms with E-state index in [-0.39, 0.29) is 17.9 Å². The minimum absolute atomic E-state index is 0.0495. The Morgan fingerprint density at radius 3 is 2.62 bits per heavy atom. The average Bonchev–Trinajstić information content (AvgIpc) is 2.83. The molecular weight excluding hydrogens is 264 g/mol. The second-order valence-corrected chi connectivity index (χ2v) is 5.92. The fourth-order valence-corrected chi connectivity index (χ4v) is 3.60. The first-order chi connectivity index (χ1) is 10.2. The van der Waals surface area contributed by atoms with Crippen molar-refractivity contribution in [3.05, 3.63) is 30.3 Å². The fourth-order valence-electron chi connectivity index (χ4n) is 3.60. The molecule has 0 aliphatic carbocycles. The van der Waals surface area contributed by atoms with Gasteiger partial charge in [0.1, 0.15) is 0 Å². The van der Waals surface area contributed by atoms with Gasteiger partial charge in [0, 0.05) is 6.04 Å². The number of para-hydroxylation sites is 1. The third-order valence-electron chi connectivity index (χ3n) is 4.68. The number of amides is 2. The van der Waals surface area contributed by atoms with E-state index in [1.165, 1.54) is 11.3 Å². The molecule has 2 amide bonds. The molecular formula is C17H22N2O2. The van der Waals surface area contributed by atoms with Crippen LogP contribution in [-0.2, 0) is 9.59 Å².